The zero-order valence-corrected chi connectivity index (χ0v) is 13.9. The van der Waals surface area contributed by atoms with Crippen molar-refractivity contribution in [2.45, 2.75) is 6.42 Å². The van der Waals surface area contributed by atoms with Crippen LogP contribution in [-0.4, -0.2) is 57.9 Å². The first-order valence-corrected chi connectivity index (χ1v) is 7.44. The van der Waals surface area contributed by atoms with Crippen LogP contribution in [0.1, 0.15) is 27.1 Å². The van der Waals surface area contributed by atoms with Gasteiger partial charge < -0.3 is 19.7 Å². The van der Waals surface area contributed by atoms with Crippen LogP contribution in [0, 0.1) is 0 Å². The second kappa shape index (κ2) is 7.28. The van der Waals surface area contributed by atoms with E-state index in [9.17, 15) is 9.59 Å². The summed E-state index contributed by atoms with van der Waals surface area (Å²) in [6.07, 6.45) is 2.20. The molecule has 0 radical (unpaired) electrons. The second-order valence-electron chi connectivity index (χ2n) is 5.56. The van der Waals surface area contributed by atoms with Gasteiger partial charge in [0.2, 0.25) is 5.78 Å². The highest BCUT2D eigenvalue weighted by molar-refractivity contribution is 6.26. The minimum absolute atomic E-state index is 0.250. The summed E-state index contributed by atoms with van der Waals surface area (Å²) in [5.74, 6) is 0.243. The average molecular weight is 318 g/mol. The topological polar surface area (TPSA) is 67.9 Å². The highest BCUT2D eigenvalue weighted by Crippen LogP contribution is 2.35. The summed E-state index contributed by atoms with van der Waals surface area (Å²) in [5, 5.41) is 3.05. The Morgan fingerprint density at radius 2 is 1.65 bits per heavy atom. The van der Waals surface area contributed by atoms with Gasteiger partial charge in [0.05, 0.1) is 31.0 Å². The number of hydrogen-bond donors (Lipinski definition) is 1. The van der Waals surface area contributed by atoms with Crippen LogP contribution in [0.25, 0.3) is 0 Å². The maximum atomic E-state index is 12.7. The van der Waals surface area contributed by atoms with Crippen LogP contribution in [0.3, 0.4) is 0 Å². The summed E-state index contributed by atoms with van der Waals surface area (Å²) in [7, 11) is 6.92. The molecule has 2 rings (SSSR count). The molecular weight excluding hydrogens is 296 g/mol. The van der Waals surface area contributed by atoms with Crippen molar-refractivity contribution in [3.8, 4) is 11.5 Å². The number of allylic oxidation sites excluding steroid dienone is 2. The van der Waals surface area contributed by atoms with E-state index in [-0.39, 0.29) is 22.7 Å². The Balaban J connectivity index is 2.27. The van der Waals surface area contributed by atoms with Gasteiger partial charge in [-0.05, 0) is 39.2 Å². The summed E-state index contributed by atoms with van der Waals surface area (Å²) >= 11 is 0. The van der Waals surface area contributed by atoms with Gasteiger partial charge in [0.15, 0.2) is 5.78 Å². The van der Waals surface area contributed by atoms with Gasteiger partial charge in [-0.2, -0.15) is 0 Å². The molecule has 1 aromatic rings. The predicted octanol–water partition coefficient (Wildman–Crippen LogP) is 1.51. The number of carbonyl (C=O) groups excluding carboxylic acids is 2. The van der Waals surface area contributed by atoms with Gasteiger partial charge in [-0.25, -0.2) is 0 Å². The molecule has 0 spiro atoms. The molecule has 0 unspecified atom stereocenters. The number of benzene rings is 1. The molecule has 0 heterocycles. The van der Waals surface area contributed by atoms with E-state index < -0.39 is 0 Å². The monoisotopic (exact) mass is 318 g/mol. The lowest BCUT2D eigenvalue weighted by Crippen LogP contribution is -2.29. The molecule has 1 aliphatic carbocycles. The number of Topliss-reactive ketones (excluding diaryl/α,β-unsaturated/α-hetero) is 1. The summed E-state index contributed by atoms with van der Waals surface area (Å²) in [4.78, 5) is 27.2. The Morgan fingerprint density at radius 1 is 1.04 bits per heavy atom. The zero-order valence-electron chi connectivity index (χ0n) is 13.9. The molecule has 0 atom stereocenters. The first kappa shape index (κ1) is 17.0. The maximum Gasteiger partial charge on any atom is 0.213 e. The molecule has 6 heteroatoms. The number of fused-ring (bicyclic) bond motifs is 1. The average Bonchev–Trinajstić information content (AvgIpc) is 2.54. The van der Waals surface area contributed by atoms with E-state index in [2.05, 4.69) is 10.2 Å². The Bertz CT molecular complexity index is 650. The Morgan fingerprint density at radius 3 is 2.22 bits per heavy atom. The Labute approximate surface area is 136 Å². The van der Waals surface area contributed by atoms with Crippen molar-refractivity contribution in [2.75, 3.05) is 41.4 Å². The van der Waals surface area contributed by atoms with E-state index in [0.29, 0.717) is 23.7 Å². The summed E-state index contributed by atoms with van der Waals surface area (Å²) in [6, 6.07) is 3.27. The Hall–Kier alpha value is -2.34. The van der Waals surface area contributed by atoms with Gasteiger partial charge in [0.1, 0.15) is 11.5 Å². The minimum atomic E-state index is -0.259. The third-order valence-corrected chi connectivity index (χ3v) is 3.66. The fourth-order valence-electron chi connectivity index (χ4n) is 2.53. The molecule has 0 aliphatic heterocycles. The van der Waals surface area contributed by atoms with Crippen LogP contribution >= 0.6 is 0 Å². The maximum absolute atomic E-state index is 12.7. The molecule has 23 heavy (non-hydrogen) atoms. The van der Waals surface area contributed by atoms with Crippen molar-refractivity contribution in [3.05, 3.63) is 35.0 Å². The quantitative estimate of drug-likeness (QED) is 0.769. The second-order valence-corrected chi connectivity index (χ2v) is 5.56. The largest absolute Gasteiger partial charge is 0.496 e. The number of methoxy groups -OCH3 is 2. The van der Waals surface area contributed by atoms with Crippen LogP contribution in [0.4, 0.5) is 0 Å². The van der Waals surface area contributed by atoms with E-state index in [1.165, 1.54) is 20.3 Å². The molecule has 0 saturated carbocycles. The predicted molar refractivity (Wildman–Crippen MR) is 87.5 cm³/mol. The molecule has 124 valence electrons. The summed E-state index contributed by atoms with van der Waals surface area (Å²) in [6.45, 7) is 1.51. The lowest BCUT2D eigenvalue weighted by molar-refractivity contribution is 0.0973. The molecular formula is C17H22N2O4. The highest BCUT2D eigenvalue weighted by Gasteiger charge is 2.31. The zero-order chi connectivity index (χ0) is 17.0. The normalized spacial score (nSPS) is 13.7. The first-order valence-electron chi connectivity index (χ1n) is 7.44. The van der Waals surface area contributed by atoms with Gasteiger partial charge in [-0.15, -0.1) is 0 Å². The van der Waals surface area contributed by atoms with Crippen LogP contribution in [0.5, 0.6) is 11.5 Å². The summed E-state index contributed by atoms with van der Waals surface area (Å²) in [5.41, 5.74) is 0.818. The van der Waals surface area contributed by atoms with Crippen molar-refractivity contribution in [1.82, 2.24) is 10.2 Å². The lowest BCUT2D eigenvalue weighted by atomic mass is 9.91. The van der Waals surface area contributed by atoms with Crippen LogP contribution in [0.15, 0.2) is 23.9 Å². The van der Waals surface area contributed by atoms with E-state index in [4.69, 9.17) is 9.47 Å². The number of carbonyl (C=O) groups is 2. The number of rotatable bonds is 7. The van der Waals surface area contributed by atoms with Crippen LogP contribution in [0.2, 0.25) is 0 Å². The smallest absolute Gasteiger partial charge is 0.213 e. The van der Waals surface area contributed by atoms with E-state index in [1.54, 1.807) is 12.1 Å². The van der Waals surface area contributed by atoms with Gasteiger partial charge in [0, 0.05) is 12.6 Å². The van der Waals surface area contributed by atoms with E-state index >= 15 is 0 Å². The molecule has 1 aromatic carbocycles. The molecule has 0 amide bonds. The van der Waals surface area contributed by atoms with Gasteiger partial charge in [-0.3, -0.25) is 9.59 Å². The van der Waals surface area contributed by atoms with Crippen molar-refractivity contribution in [3.63, 3.8) is 0 Å². The fourth-order valence-corrected chi connectivity index (χ4v) is 2.53. The third-order valence-electron chi connectivity index (χ3n) is 3.66. The summed E-state index contributed by atoms with van der Waals surface area (Å²) < 4.78 is 10.5. The van der Waals surface area contributed by atoms with Gasteiger partial charge in [-0.1, -0.05) is 0 Å². The standard InChI is InChI=1S/C17H22N2O4/c1-19(2)9-5-8-18-11-10-12(20)15-13(22-3)6-7-14(23-4)16(15)17(11)21/h6-7,10,18H,5,8-9H2,1-4H3. The number of hydrogen-bond acceptors (Lipinski definition) is 6. The van der Waals surface area contributed by atoms with Crippen LogP contribution < -0.4 is 14.8 Å². The Kier molecular flexibility index (Phi) is 5.39. The van der Waals surface area contributed by atoms with E-state index in [0.717, 1.165) is 13.0 Å². The molecule has 1 aliphatic rings. The molecule has 0 saturated heterocycles. The van der Waals surface area contributed by atoms with Crippen LogP contribution in [-0.2, 0) is 0 Å². The lowest BCUT2D eigenvalue weighted by Gasteiger charge is -2.21. The highest BCUT2D eigenvalue weighted by atomic mass is 16.5. The number of nitrogens with zero attached hydrogens (tertiary/aromatic N) is 1. The number of ketones is 2. The van der Waals surface area contributed by atoms with Crippen molar-refractivity contribution in [2.24, 2.45) is 0 Å². The molecule has 6 nitrogen and oxygen atoms in total. The van der Waals surface area contributed by atoms with Crippen molar-refractivity contribution in [1.29, 1.82) is 0 Å². The van der Waals surface area contributed by atoms with Crippen molar-refractivity contribution < 1.29 is 19.1 Å². The van der Waals surface area contributed by atoms with Gasteiger partial charge >= 0.3 is 0 Å². The fraction of sp³-hybridized carbons (Fsp3) is 0.412. The third kappa shape index (κ3) is 3.53. The SMILES string of the molecule is COc1ccc(OC)c2c1C(=O)C=C(NCCCN(C)C)C2=O. The molecule has 1 N–H and O–H groups in total. The molecule has 0 aromatic heterocycles. The van der Waals surface area contributed by atoms with Crippen molar-refractivity contribution >= 4 is 11.6 Å². The number of ether oxygens (including phenoxy) is 2. The van der Waals surface area contributed by atoms with Gasteiger partial charge in [0.25, 0.3) is 0 Å². The minimum Gasteiger partial charge on any atom is -0.496 e. The van der Waals surface area contributed by atoms with E-state index in [1.807, 2.05) is 14.1 Å². The molecule has 0 fully saturated rings. The number of nitrogens with one attached hydrogen (secondary N) is 1. The first-order chi connectivity index (χ1) is 11.0. The molecule has 0 bridgehead atoms.